The summed E-state index contributed by atoms with van der Waals surface area (Å²) in [5.41, 5.74) is 2.26. The Bertz CT molecular complexity index is 385. The lowest BCUT2D eigenvalue weighted by molar-refractivity contribution is -0.137. The summed E-state index contributed by atoms with van der Waals surface area (Å²) < 4.78 is 0. The molecule has 1 aliphatic heterocycles. The zero-order valence-electron chi connectivity index (χ0n) is 7.68. The Morgan fingerprint density at radius 3 is 3.00 bits per heavy atom. The zero-order valence-corrected chi connectivity index (χ0v) is 7.68. The minimum atomic E-state index is -0.760. The van der Waals surface area contributed by atoms with E-state index in [4.69, 9.17) is 5.11 Å². The maximum absolute atomic E-state index is 10.4. The molecule has 0 aliphatic carbocycles. The van der Waals surface area contributed by atoms with Crippen molar-refractivity contribution in [2.24, 2.45) is 4.99 Å². The van der Waals surface area contributed by atoms with Crippen molar-refractivity contribution in [3.8, 4) is 0 Å². The molecule has 1 aromatic carbocycles. The van der Waals surface area contributed by atoms with Crippen molar-refractivity contribution in [2.45, 2.75) is 18.9 Å². The van der Waals surface area contributed by atoms with Gasteiger partial charge in [-0.3, -0.25) is 9.79 Å². The Labute approximate surface area is 82.1 Å². The molecule has 1 aliphatic rings. The van der Waals surface area contributed by atoms with Crippen LogP contribution in [0.15, 0.2) is 29.3 Å². The average molecular weight is 189 g/mol. The summed E-state index contributed by atoms with van der Waals surface area (Å²) in [6.45, 7) is 0. The highest BCUT2D eigenvalue weighted by atomic mass is 16.4. The molecule has 3 heteroatoms. The maximum atomic E-state index is 10.4. The van der Waals surface area contributed by atoms with Crippen molar-refractivity contribution in [3.63, 3.8) is 0 Å². The normalized spacial score (nSPS) is 18.1. The fourth-order valence-corrected chi connectivity index (χ4v) is 1.67. The summed E-state index contributed by atoms with van der Waals surface area (Å²) >= 11 is 0. The lowest BCUT2D eigenvalue weighted by Crippen LogP contribution is -1.99. The largest absolute Gasteiger partial charge is 0.481 e. The molecule has 72 valence electrons. The number of rotatable bonds is 3. The van der Waals surface area contributed by atoms with Crippen LogP contribution in [-0.2, 0) is 4.79 Å². The molecule has 0 radical (unpaired) electrons. The van der Waals surface area contributed by atoms with E-state index in [-0.39, 0.29) is 12.5 Å². The number of carboxylic acids is 1. The molecule has 0 unspecified atom stereocenters. The molecule has 0 spiro atoms. The minimum absolute atomic E-state index is 0.0438. The topological polar surface area (TPSA) is 49.7 Å². The summed E-state index contributed by atoms with van der Waals surface area (Å²) in [6.07, 6.45) is 2.58. The number of aliphatic carboxylic acids is 1. The predicted octanol–water partition coefficient (Wildman–Crippen LogP) is 2.03. The van der Waals surface area contributed by atoms with Crippen molar-refractivity contribution in [1.82, 2.24) is 0 Å². The van der Waals surface area contributed by atoms with Crippen LogP contribution >= 0.6 is 0 Å². The Balaban J connectivity index is 2.11. The Hall–Kier alpha value is -1.64. The number of carbonyl (C=O) groups is 1. The van der Waals surface area contributed by atoms with E-state index < -0.39 is 5.97 Å². The van der Waals surface area contributed by atoms with Gasteiger partial charge in [-0.25, -0.2) is 0 Å². The molecular weight excluding hydrogens is 178 g/mol. The molecule has 0 fully saturated rings. The van der Waals surface area contributed by atoms with Crippen molar-refractivity contribution in [3.05, 3.63) is 35.4 Å². The third kappa shape index (κ3) is 1.66. The number of nitrogens with zero attached hydrogens (tertiary/aromatic N) is 1. The van der Waals surface area contributed by atoms with E-state index in [0.717, 1.165) is 11.1 Å². The minimum Gasteiger partial charge on any atom is -0.481 e. The molecule has 2 rings (SSSR count). The summed E-state index contributed by atoms with van der Waals surface area (Å²) in [5, 5.41) is 8.57. The zero-order chi connectivity index (χ0) is 9.97. The highest BCUT2D eigenvalue weighted by Crippen LogP contribution is 2.29. The molecule has 1 atom stereocenters. The van der Waals surface area contributed by atoms with Gasteiger partial charge in [-0.05, 0) is 17.5 Å². The molecule has 1 N–H and O–H groups in total. The first-order valence-electron chi connectivity index (χ1n) is 4.61. The number of aliphatic imine (C=N–C) groups is 1. The highest BCUT2D eigenvalue weighted by molar-refractivity contribution is 5.85. The first kappa shape index (κ1) is 8.94. The van der Waals surface area contributed by atoms with Crippen LogP contribution in [0.25, 0.3) is 0 Å². The first-order chi connectivity index (χ1) is 6.77. The number of hydrogen-bond donors (Lipinski definition) is 1. The number of carboxylic acid groups (broad SMARTS) is 1. The van der Waals surface area contributed by atoms with E-state index >= 15 is 0 Å². The van der Waals surface area contributed by atoms with Crippen LogP contribution in [0.1, 0.15) is 30.0 Å². The van der Waals surface area contributed by atoms with Crippen LogP contribution in [0.5, 0.6) is 0 Å². The Kier molecular flexibility index (Phi) is 2.31. The number of hydrogen-bond acceptors (Lipinski definition) is 2. The summed E-state index contributed by atoms with van der Waals surface area (Å²) in [4.78, 5) is 14.7. The third-order valence-corrected chi connectivity index (χ3v) is 2.38. The monoisotopic (exact) mass is 189 g/mol. The molecular formula is C11H11NO2. The van der Waals surface area contributed by atoms with Crippen LogP contribution in [0.2, 0.25) is 0 Å². The van der Waals surface area contributed by atoms with Crippen LogP contribution in [-0.4, -0.2) is 17.3 Å². The quantitative estimate of drug-likeness (QED) is 0.790. The summed E-state index contributed by atoms with van der Waals surface area (Å²) in [5.74, 6) is -0.760. The molecule has 0 bridgehead atoms. The highest BCUT2D eigenvalue weighted by Gasteiger charge is 2.18. The van der Waals surface area contributed by atoms with Gasteiger partial charge < -0.3 is 5.11 Å². The smallest absolute Gasteiger partial charge is 0.303 e. The van der Waals surface area contributed by atoms with Gasteiger partial charge in [0.1, 0.15) is 0 Å². The Morgan fingerprint density at radius 1 is 1.43 bits per heavy atom. The molecule has 3 nitrogen and oxygen atoms in total. The summed E-state index contributed by atoms with van der Waals surface area (Å²) in [6, 6.07) is 7.97. The second-order valence-corrected chi connectivity index (χ2v) is 3.36. The van der Waals surface area contributed by atoms with Gasteiger partial charge in [0, 0.05) is 12.6 Å². The van der Waals surface area contributed by atoms with E-state index in [2.05, 4.69) is 4.99 Å². The van der Waals surface area contributed by atoms with Gasteiger partial charge in [0.25, 0.3) is 0 Å². The van der Waals surface area contributed by atoms with Crippen LogP contribution in [0.4, 0.5) is 0 Å². The lowest BCUT2D eigenvalue weighted by atomic mass is 10.0. The fraction of sp³-hybridized carbons (Fsp3) is 0.273. The van der Waals surface area contributed by atoms with Crippen LogP contribution in [0, 0.1) is 0 Å². The van der Waals surface area contributed by atoms with Gasteiger partial charge >= 0.3 is 5.97 Å². The van der Waals surface area contributed by atoms with Crippen molar-refractivity contribution in [1.29, 1.82) is 0 Å². The molecule has 0 saturated carbocycles. The van der Waals surface area contributed by atoms with Gasteiger partial charge in [0.2, 0.25) is 0 Å². The molecule has 14 heavy (non-hydrogen) atoms. The van der Waals surface area contributed by atoms with Gasteiger partial charge in [-0.1, -0.05) is 24.3 Å². The molecule has 1 aromatic rings. The average Bonchev–Trinajstić information content (AvgIpc) is 2.58. The molecule has 1 heterocycles. The van der Waals surface area contributed by atoms with Crippen LogP contribution < -0.4 is 0 Å². The standard InChI is InChI=1S/C11H11NO2/c13-11(14)6-5-10-9-4-2-1-3-8(9)7-12-10/h1-4,7,10H,5-6H2,(H,13,14)/t10-/m1/s1. The third-order valence-electron chi connectivity index (χ3n) is 2.38. The van der Waals surface area contributed by atoms with E-state index in [9.17, 15) is 4.79 Å². The van der Waals surface area contributed by atoms with Crippen molar-refractivity contribution in [2.75, 3.05) is 0 Å². The van der Waals surface area contributed by atoms with E-state index in [1.807, 2.05) is 30.5 Å². The predicted molar refractivity (Wildman–Crippen MR) is 53.6 cm³/mol. The first-order valence-corrected chi connectivity index (χ1v) is 4.61. The lowest BCUT2D eigenvalue weighted by Gasteiger charge is -2.07. The number of benzene rings is 1. The molecule has 0 aromatic heterocycles. The molecule has 0 saturated heterocycles. The van der Waals surface area contributed by atoms with Gasteiger partial charge in [-0.2, -0.15) is 0 Å². The van der Waals surface area contributed by atoms with Gasteiger partial charge in [0.15, 0.2) is 0 Å². The van der Waals surface area contributed by atoms with E-state index in [1.165, 1.54) is 0 Å². The fourth-order valence-electron chi connectivity index (χ4n) is 1.67. The van der Waals surface area contributed by atoms with Crippen LogP contribution in [0.3, 0.4) is 0 Å². The Morgan fingerprint density at radius 2 is 2.21 bits per heavy atom. The second kappa shape index (κ2) is 3.62. The SMILES string of the molecule is O=C(O)CC[C@H]1N=Cc2ccccc21. The maximum Gasteiger partial charge on any atom is 0.303 e. The second-order valence-electron chi connectivity index (χ2n) is 3.36. The van der Waals surface area contributed by atoms with Crippen molar-refractivity contribution < 1.29 is 9.90 Å². The van der Waals surface area contributed by atoms with E-state index in [1.54, 1.807) is 0 Å². The summed E-state index contributed by atoms with van der Waals surface area (Å²) in [7, 11) is 0. The van der Waals surface area contributed by atoms with Crippen molar-refractivity contribution >= 4 is 12.2 Å². The van der Waals surface area contributed by atoms with Gasteiger partial charge in [-0.15, -0.1) is 0 Å². The van der Waals surface area contributed by atoms with E-state index in [0.29, 0.717) is 6.42 Å². The number of fused-ring (bicyclic) bond motifs is 1. The van der Waals surface area contributed by atoms with Gasteiger partial charge in [0.05, 0.1) is 6.04 Å². The molecule has 0 amide bonds.